The molecular formula is C29H30ClF2N7OS. The number of benzene rings is 2. The third-order valence-corrected chi connectivity index (χ3v) is 10.6. The molecule has 8 nitrogen and oxygen atoms in total. The number of nitrogen functional groups attached to an aromatic ring is 1. The Labute approximate surface area is 244 Å². The maximum absolute atomic E-state index is 16.7. The lowest BCUT2D eigenvalue weighted by atomic mass is 9.95. The molecule has 2 aromatic carbocycles. The normalized spacial score (nSPS) is 23.6. The molecule has 0 saturated carbocycles. The molecule has 0 spiro atoms. The molecule has 2 atom stereocenters. The minimum atomic E-state index is -0.611. The van der Waals surface area contributed by atoms with Gasteiger partial charge in [0.25, 0.3) is 0 Å². The van der Waals surface area contributed by atoms with E-state index in [2.05, 4.69) is 25.1 Å². The Morgan fingerprint density at radius 1 is 1.07 bits per heavy atom. The SMILES string of the molecule is Nc1nc2c(-c3c(Cl)cc4c(N5CC6CCC(C5)N6)nc(OCC56CCCN5CCC6)nc4c3F)ccc(F)c2s1. The highest BCUT2D eigenvalue weighted by molar-refractivity contribution is 7.22. The number of hydrogen-bond donors (Lipinski definition) is 2. The van der Waals surface area contributed by atoms with Gasteiger partial charge in [-0.25, -0.2) is 13.8 Å². The molecule has 41 heavy (non-hydrogen) atoms. The number of hydrogen-bond acceptors (Lipinski definition) is 9. The van der Waals surface area contributed by atoms with E-state index in [1.165, 1.54) is 12.1 Å². The predicted molar refractivity (Wildman–Crippen MR) is 158 cm³/mol. The van der Waals surface area contributed by atoms with Crippen molar-refractivity contribution >= 4 is 55.0 Å². The lowest BCUT2D eigenvalue weighted by Gasteiger charge is -2.35. The van der Waals surface area contributed by atoms with Crippen molar-refractivity contribution in [1.29, 1.82) is 0 Å². The zero-order valence-electron chi connectivity index (χ0n) is 22.4. The molecule has 8 rings (SSSR count). The number of thiazole rings is 1. The highest BCUT2D eigenvalue weighted by Gasteiger charge is 2.45. The first-order chi connectivity index (χ1) is 19.9. The number of rotatable bonds is 5. The van der Waals surface area contributed by atoms with Crippen molar-refractivity contribution in [1.82, 2.24) is 25.2 Å². The summed E-state index contributed by atoms with van der Waals surface area (Å²) in [4.78, 5) is 18.6. The Hall–Kier alpha value is -2.86. The van der Waals surface area contributed by atoms with Crippen molar-refractivity contribution < 1.29 is 13.5 Å². The summed E-state index contributed by atoms with van der Waals surface area (Å²) in [6.07, 6.45) is 6.67. The Morgan fingerprint density at radius 2 is 1.83 bits per heavy atom. The third kappa shape index (κ3) is 4.15. The Balaban J connectivity index is 1.27. The first-order valence-electron chi connectivity index (χ1n) is 14.3. The zero-order valence-corrected chi connectivity index (χ0v) is 24.0. The zero-order chi connectivity index (χ0) is 27.9. The van der Waals surface area contributed by atoms with Crippen LogP contribution in [0, 0.1) is 11.6 Å². The number of halogens is 3. The van der Waals surface area contributed by atoms with Gasteiger partial charge >= 0.3 is 6.01 Å². The molecule has 4 aliphatic heterocycles. The maximum atomic E-state index is 16.7. The number of nitrogens with two attached hydrogens (primary N) is 1. The molecule has 4 aliphatic rings. The lowest BCUT2D eigenvalue weighted by molar-refractivity contribution is 0.108. The molecule has 2 bridgehead atoms. The quantitative estimate of drug-likeness (QED) is 0.317. The summed E-state index contributed by atoms with van der Waals surface area (Å²) in [6, 6.07) is 5.39. The molecule has 214 valence electrons. The molecule has 0 radical (unpaired) electrons. The summed E-state index contributed by atoms with van der Waals surface area (Å²) in [5, 5.41) is 4.55. The van der Waals surface area contributed by atoms with Crippen molar-refractivity contribution in [3.63, 3.8) is 0 Å². The largest absolute Gasteiger partial charge is 0.461 e. The van der Waals surface area contributed by atoms with Gasteiger partial charge in [0, 0.05) is 41.7 Å². The van der Waals surface area contributed by atoms with Gasteiger partial charge in [-0.1, -0.05) is 22.9 Å². The molecule has 4 aromatic rings. The van der Waals surface area contributed by atoms with E-state index < -0.39 is 11.6 Å². The fourth-order valence-electron chi connectivity index (χ4n) is 7.54. The van der Waals surface area contributed by atoms with Gasteiger partial charge in [0.2, 0.25) is 0 Å². The number of nitrogens with zero attached hydrogens (tertiary/aromatic N) is 5. The van der Waals surface area contributed by atoms with E-state index in [9.17, 15) is 4.39 Å². The van der Waals surface area contributed by atoms with E-state index in [-0.39, 0.29) is 43.0 Å². The van der Waals surface area contributed by atoms with Crippen molar-refractivity contribution in [2.45, 2.75) is 56.1 Å². The van der Waals surface area contributed by atoms with Gasteiger partial charge in [0.1, 0.15) is 23.8 Å². The fraction of sp³-hybridized carbons (Fsp3) is 0.483. The topological polar surface area (TPSA) is 92.4 Å². The summed E-state index contributed by atoms with van der Waals surface area (Å²) in [7, 11) is 0. The molecule has 0 aliphatic carbocycles. The van der Waals surface area contributed by atoms with Crippen molar-refractivity contribution in [2.24, 2.45) is 0 Å². The average Bonchev–Trinajstić information content (AvgIpc) is 3.72. The van der Waals surface area contributed by atoms with E-state index in [0.29, 0.717) is 35.5 Å². The minimum absolute atomic E-state index is 0.000597. The van der Waals surface area contributed by atoms with Crippen LogP contribution in [0.4, 0.5) is 19.7 Å². The fourth-order valence-corrected chi connectivity index (χ4v) is 8.59. The lowest BCUT2D eigenvalue weighted by Crippen LogP contribution is -2.51. The van der Waals surface area contributed by atoms with Crippen LogP contribution in [0.2, 0.25) is 5.02 Å². The third-order valence-electron chi connectivity index (χ3n) is 9.42. The molecule has 2 unspecified atom stereocenters. The van der Waals surface area contributed by atoms with Gasteiger partial charge in [-0.2, -0.15) is 9.97 Å². The van der Waals surface area contributed by atoms with Crippen LogP contribution in [0.15, 0.2) is 18.2 Å². The van der Waals surface area contributed by atoms with Crippen molar-refractivity contribution in [3.8, 4) is 17.1 Å². The Kier molecular flexibility index (Phi) is 6.04. The number of nitrogens with one attached hydrogen (secondary N) is 1. The number of anilines is 2. The van der Waals surface area contributed by atoms with Crippen LogP contribution in [0.1, 0.15) is 38.5 Å². The molecule has 3 N–H and O–H groups in total. The van der Waals surface area contributed by atoms with Gasteiger partial charge in [0.05, 0.1) is 20.8 Å². The van der Waals surface area contributed by atoms with Crippen molar-refractivity contribution in [3.05, 3.63) is 34.9 Å². The van der Waals surface area contributed by atoms with Crippen LogP contribution >= 0.6 is 22.9 Å². The smallest absolute Gasteiger partial charge is 0.319 e. The van der Waals surface area contributed by atoms with Gasteiger partial charge in [0.15, 0.2) is 10.9 Å². The second-order valence-electron chi connectivity index (χ2n) is 11.8. The number of ether oxygens (including phenoxy) is 1. The number of aromatic nitrogens is 3. The molecule has 4 fully saturated rings. The van der Waals surface area contributed by atoms with Crippen LogP contribution < -0.4 is 20.7 Å². The van der Waals surface area contributed by atoms with Gasteiger partial charge < -0.3 is 20.7 Å². The molecule has 4 saturated heterocycles. The van der Waals surface area contributed by atoms with E-state index in [4.69, 9.17) is 27.1 Å². The van der Waals surface area contributed by atoms with Crippen LogP contribution in [-0.4, -0.2) is 70.3 Å². The van der Waals surface area contributed by atoms with E-state index in [1.54, 1.807) is 6.07 Å². The summed E-state index contributed by atoms with van der Waals surface area (Å²) in [5.74, 6) is -0.443. The summed E-state index contributed by atoms with van der Waals surface area (Å²) >= 11 is 7.83. The Morgan fingerprint density at radius 3 is 2.59 bits per heavy atom. The van der Waals surface area contributed by atoms with Crippen LogP contribution in [-0.2, 0) is 0 Å². The highest BCUT2D eigenvalue weighted by Crippen LogP contribution is 2.44. The monoisotopic (exact) mass is 597 g/mol. The predicted octanol–water partition coefficient (Wildman–Crippen LogP) is 5.37. The van der Waals surface area contributed by atoms with Gasteiger partial charge in [-0.05, 0) is 69.8 Å². The molecule has 6 heterocycles. The molecule has 0 amide bonds. The maximum Gasteiger partial charge on any atom is 0.319 e. The van der Waals surface area contributed by atoms with Crippen LogP contribution in [0.25, 0.3) is 32.2 Å². The first kappa shape index (κ1) is 25.8. The minimum Gasteiger partial charge on any atom is -0.461 e. The van der Waals surface area contributed by atoms with Gasteiger partial charge in [-0.3, -0.25) is 4.90 Å². The van der Waals surface area contributed by atoms with Crippen molar-refractivity contribution in [2.75, 3.05) is 43.4 Å². The number of piperazine rings is 1. The van der Waals surface area contributed by atoms with E-state index in [0.717, 1.165) is 76.0 Å². The van der Waals surface area contributed by atoms with Crippen LogP contribution in [0.3, 0.4) is 0 Å². The molecule has 12 heteroatoms. The second-order valence-corrected chi connectivity index (χ2v) is 13.3. The highest BCUT2D eigenvalue weighted by atomic mass is 35.5. The van der Waals surface area contributed by atoms with E-state index in [1.807, 2.05) is 0 Å². The van der Waals surface area contributed by atoms with Crippen LogP contribution in [0.5, 0.6) is 6.01 Å². The average molecular weight is 598 g/mol. The second kappa shape index (κ2) is 9.58. The summed E-state index contributed by atoms with van der Waals surface area (Å²) in [6.45, 7) is 4.17. The first-order valence-corrected chi connectivity index (χ1v) is 15.5. The summed E-state index contributed by atoms with van der Waals surface area (Å²) in [5.41, 5.74) is 6.79. The molecule has 2 aromatic heterocycles. The summed E-state index contributed by atoms with van der Waals surface area (Å²) < 4.78 is 37.9. The van der Waals surface area contributed by atoms with E-state index >= 15 is 4.39 Å². The Bertz CT molecular complexity index is 1680. The standard InChI is InChI=1S/C29H30ClF2N7OS/c30-19-11-18-23(22(32)21(19)17-5-6-20(31)25-24(17)35-27(33)41-25)36-28(40-14-29-7-1-9-39(29)10-2-8-29)37-26(18)38-12-15-3-4-16(13-38)34-15/h5-6,11,15-16,34H,1-4,7-10,12-14H2,(H2,33,35). The number of fused-ring (bicyclic) bond motifs is 5. The molecular weight excluding hydrogens is 568 g/mol. The van der Waals surface area contributed by atoms with Gasteiger partial charge in [-0.15, -0.1) is 0 Å².